The maximum absolute atomic E-state index is 12.4. The molecule has 3 rings (SSSR count). The van der Waals surface area contributed by atoms with Gasteiger partial charge in [0.2, 0.25) is 11.8 Å². The highest BCUT2D eigenvalue weighted by Gasteiger charge is 2.52. The molecular weight excluding hydrogens is 343 g/mol. The van der Waals surface area contributed by atoms with Crippen molar-refractivity contribution in [2.45, 2.75) is 37.2 Å². The second kappa shape index (κ2) is 5.95. The Morgan fingerprint density at radius 2 is 2.27 bits per heavy atom. The molecule has 0 aromatic heterocycles. The predicted molar refractivity (Wildman–Crippen MR) is 89.0 cm³/mol. The van der Waals surface area contributed by atoms with Gasteiger partial charge in [0.1, 0.15) is 6.04 Å². The largest absolute Gasteiger partial charge is 0.350 e. The lowest BCUT2D eigenvalue weighted by atomic mass is 10.2. The highest BCUT2D eigenvalue weighted by atomic mass is 35.5. The molecule has 22 heavy (non-hydrogen) atoms. The van der Waals surface area contributed by atoms with E-state index in [-0.39, 0.29) is 16.7 Å². The standard InChI is InChI=1S/C15H16Cl2N2O2S/c1-15-5-4-13(20)19(15)12(8-22-15)14(21)18-7-9-2-3-10(16)6-11(9)17/h2-3,6,12H,4-5,7-8H2,1H3,(H,18,21)/t12-,15-/m0/s1. The van der Waals surface area contributed by atoms with E-state index in [1.165, 1.54) is 0 Å². The van der Waals surface area contributed by atoms with Gasteiger partial charge in [0.25, 0.3) is 0 Å². The molecule has 118 valence electrons. The maximum Gasteiger partial charge on any atom is 0.243 e. The molecule has 0 bridgehead atoms. The smallest absolute Gasteiger partial charge is 0.243 e. The highest BCUT2D eigenvalue weighted by Crippen LogP contribution is 2.47. The Hall–Kier alpha value is -0.910. The van der Waals surface area contributed by atoms with Crippen LogP contribution < -0.4 is 5.32 Å². The van der Waals surface area contributed by atoms with Crippen molar-refractivity contribution in [3.63, 3.8) is 0 Å². The number of benzene rings is 1. The van der Waals surface area contributed by atoms with E-state index in [2.05, 4.69) is 5.32 Å². The minimum atomic E-state index is -0.393. The molecule has 1 N–H and O–H groups in total. The van der Waals surface area contributed by atoms with Gasteiger partial charge < -0.3 is 10.2 Å². The number of thioether (sulfide) groups is 1. The number of halogens is 2. The van der Waals surface area contributed by atoms with Gasteiger partial charge in [-0.25, -0.2) is 0 Å². The van der Waals surface area contributed by atoms with Crippen LogP contribution in [-0.4, -0.2) is 33.4 Å². The lowest BCUT2D eigenvalue weighted by Gasteiger charge is -2.29. The lowest BCUT2D eigenvalue weighted by molar-refractivity contribution is -0.138. The number of carbonyl (C=O) groups is 2. The first kappa shape index (κ1) is 16.0. The maximum atomic E-state index is 12.4. The van der Waals surface area contributed by atoms with Crippen LogP contribution in [0.15, 0.2) is 18.2 Å². The minimum absolute atomic E-state index is 0.0668. The summed E-state index contributed by atoms with van der Waals surface area (Å²) in [5, 5.41) is 3.96. The summed E-state index contributed by atoms with van der Waals surface area (Å²) in [7, 11) is 0. The van der Waals surface area contributed by atoms with E-state index in [0.29, 0.717) is 28.8 Å². The van der Waals surface area contributed by atoms with Crippen LogP contribution in [0.1, 0.15) is 25.3 Å². The third-order valence-electron chi connectivity index (χ3n) is 4.22. The Balaban J connectivity index is 1.66. The molecule has 1 aromatic carbocycles. The molecule has 2 aliphatic heterocycles. The third kappa shape index (κ3) is 2.82. The molecule has 4 nitrogen and oxygen atoms in total. The number of nitrogens with one attached hydrogen (secondary N) is 1. The van der Waals surface area contributed by atoms with E-state index in [4.69, 9.17) is 23.2 Å². The van der Waals surface area contributed by atoms with Crippen LogP contribution in [0.3, 0.4) is 0 Å². The molecule has 2 saturated heterocycles. The van der Waals surface area contributed by atoms with E-state index in [0.717, 1.165) is 12.0 Å². The fourth-order valence-corrected chi connectivity index (χ4v) is 4.89. The van der Waals surface area contributed by atoms with Crippen LogP contribution in [0, 0.1) is 0 Å². The SMILES string of the molecule is C[C@]12CCC(=O)N1[C@H](C(=O)NCc1ccc(Cl)cc1Cl)CS2. The summed E-state index contributed by atoms with van der Waals surface area (Å²) in [4.78, 5) is 26.0. The zero-order chi connectivity index (χ0) is 15.9. The molecule has 0 aliphatic carbocycles. The second-order valence-corrected chi connectivity index (χ2v) is 8.06. The second-order valence-electron chi connectivity index (χ2n) is 5.72. The number of rotatable bonds is 3. The van der Waals surface area contributed by atoms with Crippen LogP contribution >= 0.6 is 35.0 Å². The highest BCUT2D eigenvalue weighted by molar-refractivity contribution is 8.01. The first-order valence-corrected chi connectivity index (χ1v) is 8.83. The van der Waals surface area contributed by atoms with Gasteiger partial charge in [-0.2, -0.15) is 0 Å². The number of carbonyl (C=O) groups excluding carboxylic acids is 2. The van der Waals surface area contributed by atoms with Crippen molar-refractivity contribution in [1.29, 1.82) is 0 Å². The van der Waals surface area contributed by atoms with Gasteiger partial charge in [-0.05, 0) is 31.0 Å². The molecule has 0 spiro atoms. The predicted octanol–water partition coefficient (Wildman–Crippen LogP) is 3.06. The van der Waals surface area contributed by atoms with Crippen LogP contribution in [0.5, 0.6) is 0 Å². The van der Waals surface area contributed by atoms with Gasteiger partial charge in [0.05, 0.1) is 4.87 Å². The number of amides is 2. The van der Waals surface area contributed by atoms with Gasteiger partial charge in [0.15, 0.2) is 0 Å². The van der Waals surface area contributed by atoms with E-state index in [9.17, 15) is 9.59 Å². The van der Waals surface area contributed by atoms with Gasteiger partial charge in [-0.3, -0.25) is 9.59 Å². The Bertz CT molecular complexity index is 640. The molecule has 0 unspecified atom stereocenters. The van der Waals surface area contributed by atoms with Crippen LogP contribution in [0.25, 0.3) is 0 Å². The van der Waals surface area contributed by atoms with Gasteiger partial charge in [-0.15, -0.1) is 11.8 Å². The Labute approximate surface area is 143 Å². The van der Waals surface area contributed by atoms with Crippen molar-refractivity contribution in [3.05, 3.63) is 33.8 Å². The number of fused-ring (bicyclic) bond motifs is 1. The Kier molecular flexibility index (Phi) is 4.32. The fourth-order valence-electron chi connectivity index (χ4n) is 2.98. The molecule has 2 fully saturated rings. The first-order chi connectivity index (χ1) is 10.4. The Morgan fingerprint density at radius 1 is 1.50 bits per heavy atom. The zero-order valence-corrected chi connectivity index (χ0v) is 14.4. The third-order valence-corrected chi connectivity index (χ3v) is 6.31. The van der Waals surface area contributed by atoms with E-state index in [1.54, 1.807) is 34.9 Å². The summed E-state index contributed by atoms with van der Waals surface area (Å²) >= 11 is 13.6. The van der Waals surface area contributed by atoms with Crippen molar-refractivity contribution in [1.82, 2.24) is 10.2 Å². The minimum Gasteiger partial charge on any atom is -0.350 e. The molecule has 2 amide bonds. The van der Waals surface area contributed by atoms with Crippen molar-refractivity contribution >= 4 is 46.8 Å². The van der Waals surface area contributed by atoms with Crippen LogP contribution in [-0.2, 0) is 16.1 Å². The summed E-state index contributed by atoms with van der Waals surface area (Å²) in [6.45, 7) is 2.36. The summed E-state index contributed by atoms with van der Waals surface area (Å²) in [5.41, 5.74) is 0.806. The summed E-state index contributed by atoms with van der Waals surface area (Å²) in [5.74, 6) is 0.581. The van der Waals surface area contributed by atoms with E-state index >= 15 is 0 Å². The number of hydrogen-bond donors (Lipinski definition) is 1. The fraction of sp³-hybridized carbons (Fsp3) is 0.467. The lowest BCUT2D eigenvalue weighted by Crippen LogP contribution is -2.49. The van der Waals surface area contributed by atoms with Gasteiger partial charge in [-0.1, -0.05) is 29.3 Å². The summed E-state index contributed by atoms with van der Waals surface area (Å²) < 4.78 is 0. The van der Waals surface area contributed by atoms with Gasteiger partial charge in [0, 0.05) is 28.8 Å². The van der Waals surface area contributed by atoms with Crippen molar-refractivity contribution in [2.24, 2.45) is 0 Å². The Morgan fingerprint density at radius 3 is 3.00 bits per heavy atom. The topological polar surface area (TPSA) is 49.4 Å². The monoisotopic (exact) mass is 358 g/mol. The zero-order valence-electron chi connectivity index (χ0n) is 12.1. The molecule has 2 aliphatic rings. The van der Waals surface area contributed by atoms with Crippen LogP contribution in [0.4, 0.5) is 0 Å². The first-order valence-electron chi connectivity index (χ1n) is 7.08. The average Bonchev–Trinajstić information content (AvgIpc) is 2.95. The molecule has 7 heteroatoms. The quantitative estimate of drug-likeness (QED) is 0.903. The normalized spacial score (nSPS) is 27.1. The molecule has 0 radical (unpaired) electrons. The van der Waals surface area contributed by atoms with Crippen molar-refractivity contribution in [2.75, 3.05) is 5.75 Å². The van der Waals surface area contributed by atoms with E-state index < -0.39 is 6.04 Å². The molecule has 0 saturated carbocycles. The molecule has 2 atom stereocenters. The van der Waals surface area contributed by atoms with Crippen molar-refractivity contribution in [3.8, 4) is 0 Å². The molecular formula is C15H16Cl2N2O2S. The molecule has 1 aromatic rings. The average molecular weight is 359 g/mol. The number of hydrogen-bond acceptors (Lipinski definition) is 3. The van der Waals surface area contributed by atoms with Gasteiger partial charge >= 0.3 is 0 Å². The summed E-state index contributed by atoms with van der Waals surface area (Å²) in [6, 6.07) is 4.79. The number of nitrogens with zero attached hydrogens (tertiary/aromatic N) is 1. The van der Waals surface area contributed by atoms with E-state index in [1.807, 2.05) is 6.92 Å². The van der Waals surface area contributed by atoms with Crippen molar-refractivity contribution < 1.29 is 9.59 Å². The molecule has 2 heterocycles. The summed E-state index contributed by atoms with van der Waals surface area (Å²) in [6.07, 6.45) is 1.33. The van der Waals surface area contributed by atoms with Crippen LogP contribution in [0.2, 0.25) is 10.0 Å².